The van der Waals surface area contributed by atoms with Crippen LogP contribution in [0.5, 0.6) is 0 Å². The maximum Gasteiger partial charge on any atom is 0.257 e. The van der Waals surface area contributed by atoms with E-state index in [-0.39, 0.29) is 5.91 Å². The highest BCUT2D eigenvalue weighted by atomic mass is 19.1. The lowest BCUT2D eigenvalue weighted by Crippen LogP contribution is -2.12. The number of rotatable bonds is 4. The Morgan fingerprint density at radius 3 is 2.11 bits per heavy atom. The Hall–Kier alpha value is -3.80. The molecular formula is C21H15FN4O. The summed E-state index contributed by atoms with van der Waals surface area (Å²) in [6.07, 6.45) is 4.64. The van der Waals surface area contributed by atoms with Crippen molar-refractivity contribution >= 4 is 11.6 Å². The molecule has 4 aromatic rings. The van der Waals surface area contributed by atoms with Crippen molar-refractivity contribution in [2.24, 2.45) is 0 Å². The zero-order valence-corrected chi connectivity index (χ0v) is 14.2. The van der Waals surface area contributed by atoms with Gasteiger partial charge in [-0.2, -0.15) is 4.39 Å². The first-order valence-electron chi connectivity index (χ1n) is 8.31. The normalized spacial score (nSPS) is 10.6. The van der Waals surface area contributed by atoms with Crippen LogP contribution in [-0.4, -0.2) is 20.9 Å². The van der Waals surface area contributed by atoms with Gasteiger partial charge in [-0.05, 0) is 41.0 Å². The number of H-pyrrole nitrogens is 1. The molecule has 0 aliphatic heterocycles. The summed E-state index contributed by atoms with van der Waals surface area (Å²) in [6, 6.07) is 18.2. The number of carbonyl (C=O) groups is 1. The second-order valence-electron chi connectivity index (χ2n) is 5.94. The molecule has 2 aromatic heterocycles. The standard InChI is InChI=1S/C21H15FN4O/c22-20-10-7-17(11-24-20)21(27)26-18-8-5-15(6-9-18)14-1-3-16(4-2-14)19-12-23-13-25-19/h1-13H,(H,23,25)(H,26,27). The third-order valence-corrected chi connectivity index (χ3v) is 4.16. The van der Waals surface area contributed by atoms with Gasteiger partial charge in [0.15, 0.2) is 0 Å². The molecule has 0 atom stereocenters. The summed E-state index contributed by atoms with van der Waals surface area (Å²) in [6.45, 7) is 0. The number of amides is 1. The summed E-state index contributed by atoms with van der Waals surface area (Å²) in [5.74, 6) is -0.950. The van der Waals surface area contributed by atoms with Crippen LogP contribution in [-0.2, 0) is 0 Å². The van der Waals surface area contributed by atoms with Crippen molar-refractivity contribution in [3.05, 3.63) is 90.9 Å². The maximum absolute atomic E-state index is 12.8. The van der Waals surface area contributed by atoms with E-state index >= 15 is 0 Å². The highest BCUT2D eigenvalue weighted by Crippen LogP contribution is 2.25. The number of halogens is 1. The molecule has 132 valence electrons. The summed E-state index contributed by atoms with van der Waals surface area (Å²) in [4.78, 5) is 22.7. The van der Waals surface area contributed by atoms with Crippen LogP contribution in [0, 0.1) is 5.95 Å². The number of nitrogens with one attached hydrogen (secondary N) is 2. The van der Waals surface area contributed by atoms with E-state index in [2.05, 4.69) is 20.3 Å². The van der Waals surface area contributed by atoms with Gasteiger partial charge in [0.2, 0.25) is 5.95 Å². The van der Waals surface area contributed by atoms with Gasteiger partial charge in [0.25, 0.3) is 5.91 Å². The lowest BCUT2D eigenvalue weighted by molar-refractivity contribution is 0.102. The average molecular weight is 358 g/mol. The molecule has 0 bridgehead atoms. The van der Waals surface area contributed by atoms with Crippen LogP contribution in [0.15, 0.2) is 79.4 Å². The lowest BCUT2D eigenvalue weighted by atomic mass is 10.0. The Labute approximate surface area is 154 Å². The number of imidazole rings is 1. The van der Waals surface area contributed by atoms with E-state index in [0.717, 1.165) is 28.5 Å². The van der Waals surface area contributed by atoms with Crippen molar-refractivity contribution in [1.82, 2.24) is 15.0 Å². The molecule has 27 heavy (non-hydrogen) atoms. The maximum atomic E-state index is 12.8. The van der Waals surface area contributed by atoms with Gasteiger partial charge in [0.05, 0.1) is 23.8 Å². The smallest absolute Gasteiger partial charge is 0.257 e. The molecule has 1 amide bonds. The fraction of sp³-hybridized carbons (Fsp3) is 0. The lowest BCUT2D eigenvalue weighted by Gasteiger charge is -2.07. The zero-order chi connectivity index (χ0) is 18.6. The fourth-order valence-electron chi connectivity index (χ4n) is 2.72. The summed E-state index contributed by atoms with van der Waals surface area (Å²) < 4.78 is 12.8. The van der Waals surface area contributed by atoms with Crippen molar-refractivity contribution in [1.29, 1.82) is 0 Å². The Morgan fingerprint density at radius 1 is 0.852 bits per heavy atom. The minimum atomic E-state index is -0.616. The number of hydrogen-bond donors (Lipinski definition) is 2. The second-order valence-corrected chi connectivity index (χ2v) is 5.94. The van der Waals surface area contributed by atoms with E-state index in [9.17, 15) is 9.18 Å². The van der Waals surface area contributed by atoms with E-state index in [0.29, 0.717) is 11.3 Å². The molecule has 4 rings (SSSR count). The van der Waals surface area contributed by atoms with Crippen LogP contribution >= 0.6 is 0 Å². The van der Waals surface area contributed by atoms with Gasteiger partial charge in [0, 0.05) is 11.9 Å². The average Bonchev–Trinajstić information content (AvgIpc) is 3.24. The predicted octanol–water partition coefficient (Wildman–Crippen LogP) is 4.53. The first-order valence-corrected chi connectivity index (χ1v) is 8.31. The molecule has 6 heteroatoms. The summed E-state index contributed by atoms with van der Waals surface area (Å²) >= 11 is 0. The van der Waals surface area contributed by atoms with Crippen molar-refractivity contribution in [2.45, 2.75) is 0 Å². The molecule has 0 radical (unpaired) electrons. The number of aromatic amines is 1. The quantitative estimate of drug-likeness (QED) is 0.527. The van der Waals surface area contributed by atoms with Crippen molar-refractivity contribution in [2.75, 3.05) is 5.32 Å². The van der Waals surface area contributed by atoms with Crippen LogP contribution in [0.2, 0.25) is 0 Å². The Morgan fingerprint density at radius 2 is 1.52 bits per heavy atom. The van der Waals surface area contributed by atoms with Crippen molar-refractivity contribution in [3.8, 4) is 22.4 Å². The molecule has 0 aliphatic carbocycles. The first-order chi connectivity index (χ1) is 13.2. The molecule has 0 saturated heterocycles. The number of pyridine rings is 1. The molecule has 2 heterocycles. The van der Waals surface area contributed by atoms with Gasteiger partial charge in [-0.1, -0.05) is 36.4 Å². The predicted molar refractivity (Wildman–Crippen MR) is 102 cm³/mol. The monoisotopic (exact) mass is 358 g/mol. The van der Waals surface area contributed by atoms with Crippen LogP contribution in [0.3, 0.4) is 0 Å². The molecule has 0 fully saturated rings. The summed E-state index contributed by atoms with van der Waals surface area (Å²) in [7, 11) is 0. The van der Waals surface area contributed by atoms with E-state index in [1.807, 2.05) is 48.5 Å². The van der Waals surface area contributed by atoms with Crippen LogP contribution in [0.1, 0.15) is 10.4 Å². The number of benzene rings is 2. The van der Waals surface area contributed by atoms with Crippen LogP contribution < -0.4 is 5.32 Å². The van der Waals surface area contributed by atoms with E-state index < -0.39 is 5.95 Å². The van der Waals surface area contributed by atoms with E-state index in [4.69, 9.17) is 0 Å². The molecule has 5 nitrogen and oxygen atoms in total. The number of aromatic nitrogens is 3. The van der Waals surface area contributed by atoms with Gasteiger partial charge in [-0.15, -0.1) is 0 Å². The first kappa shape index (κ1) is 16.7. The molecule has 0 saturated carbocycles. The Kier molecular flexibility index (Phi) is 4.45. The minimum absolute atomic E-state index is 0.301. The van der Waals surface area contributed by atoms with Crippen molar-refractivity contribution in [3.63, 3.8) is 0 Å². The van der Waals surface area contributed by atoms with Crippen LogP contribution in [0.25, 0.3) is 22.4 Å². The van der Waals surface area contributed by atoms with E-state index in [1.54, 1.807) is 12.5 Å². The fourth-order valence-corrected chi connectivity index (χ4v) is 2.72. The van der Waals surface area contributed by atoms with Crippen molar-refractivity contribution < 1.29 is 9.18 Å². The third kappa shape index (κ3) is 3.74. The molecular weight excluding hydrogens is 343 g/mol. The summed E-state index contributed by atoms with van der Waals surface area (Å²) in [5.41, 5.74) is 5.09. The molecule has 0 unspecified atom stereocenters. The van der Waals surface area contributed by atoms with Gasteiger partial charge in [-0.3, -0.25) is 4.79 Å². The largest absolute Gasteiger partial charge is 0.345 e. The number of anilines is 1. The topological polar surface area (TPSA) is 70.7 Å². The number of carbonyl (C=O) groups excluding carboxylic acids is 1. The molecule has 0 aliphatic rings. The van der Waals surface area contributed by atoms with Gasteiger partial charge in [0.1, 0.15) is 0 Å². The minimum Gasteiger partial charge on any atom is -0.345 e. The van der Waals surface area contributed by atoms with Gasteiger partial charge >= 0.3 is 0 Å². The van der Waals surface area contributed by atoms with Gasteiger partial charge in [-0.25, -0.2) is 9.97 Å². The summed E-state index contributed by atoms with van der Waals surface area (Å²) in [5, 5.41) is 2.77. The number of hydrogen-bond acceptors (Lipinski definition) is 3. The Bertz CT molecular complexity index is 1040. The zero-order valence-electron chi connectivity index (χ0n) is 14.2. The Balaban J connectivity index is 1.47. The molecule has 0 spiro atoms. The number of nitrogens with zero attached hydrogens (tertiary/aromatic N) is 2. The van der Waals surface area contributed by atoms with Gasteiger partial charge < -0.3 is 10.3 Å². The SMILES string of the molecule is O=C(Nc1ccc(-c2ccc(-c3cnc[nH]3)cc2)cc1)c1ccc(F)nc1. The molecule has 2 aromatic carbocycles. The third-order valence-electron chi connectivity index (χ3n) is 4.16. The second kappa shape index (κ2) is 7.21. The van der Waals surface area contributed by atoms with Crippen LogP contribution in [0.4, 0.5) is 10.1 Å². The highest BCUT2D eigenvalue weighted by molar-refractivity contribution is 6.04. The highest BCUT2D eigenvalue weighted by Gasteiger charge is 2.07. The molecule has 2 N–H and O–H groups in total. The van der Waals surface area contributed by atoms with E-state index in [1.165, 1.54) is 12.3 Å².